The molecule has 5 atom stereocenters. The van der Waals surface area contributed by atoms with Crippen LogP contribution < -0.4 is 10.6 Å². The van der Waals surface area contributed by atoms with E-state index in [0.29, 0.717) is 0 Å². The summed E-state index contributed by atoms with van der Waals surface area (Å²) in [7, 11) is 0. The van der Waals surface area contributed by atoms with Crippen LogP contribution in [0.5, 0.6) is 0 Å². The summed E-state index contributed by atoms with van der Waals surface area (Å²) in [5.74, 6) is -2.91. The summed E-state index contributed by atoms with van der Waals surface area (Å²) in [5, 5.41) is 24.3. The molecule has 186 valence electrons. The van der Waals surface area contributed by atoms with Crippen LogP contribution in [-0.2, 0) is 33.4 Å². The maximum Gasteiger partial charge on any atom is 0.306 e. The van der Waals surface area contributed by atoms with Crippen molar-refractivity contribution in [1.29, 1.82) is 0 Å². The number of hydrogen-bond donors (Lipinski definition) is 4. The van der Waals surface area contributed by atoms with Gasteiger partial charge in [0.2, 0.25) is 11.8 Å². The molecule has 2 heterocycles. The van der Waals surface area contributed by atoms with Crippen LogP contribution in [0.4, 0.5) is 4.39 Å². The number of carbonyl (C=O) groups is 5. The molecule has 0 bridgehead atoms. The summed E-state index contributed by atoms with van der Waals surface area (Å²) >= 11 is 0. The number of alkyl halides is 1. The van der Waals surface area contributed by atoms with Gasteiger partial charge in [-0.15, -0.1) is 0 Å². The normalized spacial score (nSPS) is 26.4. The molecule has 2 aliphatic heterocycles. The Balaban J connectivity index is 0.00000265. The first kappa shape index (κ1) is 28.1. The third kappa shape index (κ3) is 8.51. The number of carbonyl (C=O) groups excluding carboxylic acids is 5. The fraction of sp³-hybridized carbons (Fsp3) is 0.650. The number of halogens is 1. The molecule has 1 saturated heterocycles. The molecule has 2 rings (SSSR count). The molecule has 0 spiro atoms. The maximum atomic E-state index is 14.3. The SMILES string of the molecule is CC.CC(=O)N[C@H]1C(O)O[C@H](COC(=O)CCC(=O)NCCN2C(=O)C=CC2=O)[C@@H](F)[C@@H]1O. The summed E-state index contributed by atoms with van der Waals surface area (Å²) in [4.78, 5) is 58.2. The predicted octanol–water partition coefficient (Wildman–Crippen LogP) is -1.70. The van der Waals surface area contributed by atoms with E-state index in [-0.39, 0.29) is 25.9 Å². The molecule has 12 nitrogen and oxygen atoms in total. The zero-order valence-corrected chi connectivity index (χ0v) is 18.7. The Bertz CT molecular complexity index is 743. The van der Waals surface area contributed by atoms with Gasteiger partial charge in [-0.3, -0.25) is 28.9 Å². The van der Waals surface area contributed by atoms with Gasteiger partial charge in [0.05, 0.1) is 6.42 Å². The number of aliphatic hydroxyl groups excluding tert-OH is 2. The predicted molar refractivity (Wildman–Crippen MR) is 110 cm³/mol. The summed E-state index contributed by atoms with van der Waals surface area (Å²) in [5.41, 5.74) is 0. The molecule has 13 heteroatoms. The molecule has 33 heavy (non-hydrogen) atoms. The Kier molecular flexibility index (Phi) is 11.6. The highest BCUT2D eigenvalue weighted by molar-refractivity contribution is 6.12. The van der Waals surface area contributed by atoms with Crippen molar-refractivity contribution in [2.24, 2.45) is 0 Å². The molecule has 4 amide bonds. The van der Waals surface area contributed by atoms with E-state index in [1.54, 1.807) is 0 Å². The number of imide groups is 1. The minimum Gasteiger partial charge on any atom is -0.463 e. The van der Waals surface area contributed by atoms with Gasteiger partial charge in [-0.2, -0.15) is 0 Å². The average Bonchev–Trinajstić information content (AvgIpc) is 3.10. The van der Waals surface area contributed by atoms with Crippen molar-refractivity contribution >= 4 is 29.6 Å². The fourth-order valence-electron chi connectivity index (χ4n) is 2.96. The van der Waals surface area contributed by atoms with Crippen LogP contribution in [-0.4, -0.2) is 95.1 Å². The Morgan fingerprint density at radius 3 is 2.33 bits per heavy atom. The van der Waals surface area contributed by atoms with Crippen LogP contribution in [0.3, 0.4) is 0 Å². The molecule has 1 unspecified atom stereocenters. The smallest absolute Gasteiger partial charge is 0.306 e. The fourth-order valence-corrected chi connectivity index (χ4v) is 2.96. The summed E-state index contributed by atoms with van der Waals surface area (Å²) in [6.07, 6.45) is -5.32. The second-order valence-corrected chi connectivity index (χ2v) is 6.92. The lowest BCUT2D eigenvalue weighted by molar-refractivity contribution is -0.242. The minimum absolute atomic E-state index is 0.0116. The Morgan fingerprint density at radius 1 is 1.15 bits per heavy atom. The van der Waals surface area contributed by atoms with Crippen LogP contribution in [0.15, 0.2) is 12.2 Å². The van der Waals surface area contributed by atoms with Crippen LogP contribution in [0, 0.1) is 0 Å². The van der Waals surface area contributed by atoms with Crippen LogP contribution in [0.1, 0.15) is 33.6 Å². The van der Waals surface area contributed by atoms with Crippen LogP contribution >= 0.6 is 0 Å². The Hall–Kier alpha value is -2.90. The molecule has 0 aromatic carbocycles. The molecule has 0 aromatic rings. The van der Waals surface area contributed by atoms with Gasteiger partial charge in [0.25, 0.3) is 11.8 Å². The molecule has 0 aliphatic carbocycles. The standard InChI is InChI=1S/C18H24FN3O9.C2H6/c1-9(23)21-16-17(28)15(19)10(31-18(16)29)8-30-14(27)5-2-11(24)20-6-7-22-12(25)3-4-13(22)26;1-2/h3-4,10,15-18,28-29H,2,5-8H2,1H3,(H,20,24)(H,21,23);1-2H3/t10-,15-,16-,17+,18?;/m1./s1. The van der Waals surface area contributed by atoms with Gasteiger partial charge in [0, 0.05) is 38.6 Å². The first-order valence-corrected chi connectivity index (χ1v) is 10.5. The lowest BCUT2D eigenvalue weighted by atomic mass is 9.98. The van der Waals surface area contributed by atoms with Crippen molar-refractivity contribution in [2.45, 2.75) is 64.3 Å². The van der Waals surface area contributed by atoms with Gasteiger partial charge in [-0.1, -0.05) is 13.8 Å². The van der Waals surface area contributed by atoms with Crippen LogP contribution in [0.2, 0.25) is 0 Å². The van der Waals surface area contributed by atoms with Crippen molar-refractivity contribution in [3.63, 3.8) is 0 Å². The number of aliphatic hydroxyl groups is 2. The van der Waals surface area contributed by atoms with Gasteiger partial charge in [-0.05, 0) is 0 Å². The van der Waals surface area contributed by atoms with Crippen molar-refractivity contribution < 1.29 is 48.0 Å². The molecule has 0 saturated carbocycles. The first-order valence-electron chi connectivity index (χ1n) is 10.5. The number of nitrogens with zero attached hydrogens (tertiary/aromatic N) is 1. The minimum atomic E-state index is -2.04. The maximum absolute atomic E-state index is 14.3. The van der Waals surface area contributed by atoms with Gasteiger partial charge in [-0.25, -0.2) is 4.39 Å². The zero-order chi connectivity index (χ0) is 25.1. The summed E-state index contributed by atoms with van der Waals surface area (Å²) < 4.78 is 24.0. The average molecular weight is 475 g/mol. The number of ether oxygens (including phenoxy) is 2. The lowest BCUT2D eigenvalue weighted by Crippen LogP contribution is -2.62. The molecule has 0 aromatic heterocycles. The topological polar surface area (TPSA) is 172 Å². The summed E-state index contributed by atoms with van der Waals surface area (Å²) in [6, 6.07) is -1.37. The van der Waals surface area contributed by atoms with E-state index in [1.165, 1.54) is 0 Å². The van der Waals surface area contributed by atoms with E-state index < -0.39 is 66.9 Å². The Morgan fingerprint density at radius 2 is 1.76 bits per heavy atom. The zero-order valence-electron chi connectivity index (χ0n) is 18.7. The lowest BCUT2D eigenvalue weighted by Gasteiger charge is -2.39. The number of amides is 4. The van der Waals surface area contributed by atoms with E-state index in [0.717, 1.165) is 24.0 Å². The first-order chi connectivity index (χ1) is 15.6. The summed E-state index contributed by atoms with van der Waals surface area (Å²) in [6.45, 7) is 4.51. The second kappa shape index (κ2) is 13.6. The van der Waals surface area contributed by atoms with Crippen LogP contribution in [0.25, 0.3) is 0 Å². The third-order valence-electron chi connectivity index (χ3n) is 4.56. The molecule has 2 aliphatic rings. The van der Waals surface area contributed by atoms with Crippen molar-refractivity contribution in [3.05, 3.63) is 12.2 Å². The van der Waals surface area contributed by atoms with Crippen molar-refractivity contribution in [1.82, 2.24) is 15.5 Å². The number of nitrogens with one attached hydrogen (secondary N) is 2. The van der Waals surface area contributed by atoms with Crippen molar-refractivity contribution in [2.75, 3.05) is 19.7 Å². The number of hydrogen-bond acceptors (Lipinski definition) is 9. The van der Waals surface area contributed by atoms with E-state index >= 15 is 0 Å². The molecule has 4 N–H and O–H groups in total. The van der Waals surface area contributed by atoms with Gasteiger partial charge in [0.15, 0.2) is 12.5 Å². The highest BCUT2D eigenvalue weighted by Crippen LogP contribution is 2.23. The highest BCUT2D eigenvalue weighted by atomic mass is 19.1. The quantitative estimate of drug-likeness (QED) is 0.224. The van der Waals surface area contributed by atoms with Gasteiger partial charge in [0.1, 0.15) is 24.9 Å². The largest absolute Gasteiger partial charge is 0.463 e. The highest BCUT2D eigenvalue weighted by Gasteiger charge is 2.46. The molecule has 1 fully saturated rings. The number of rotatable bonds is 9. The van der Waals surface area contributed by atoms with E-state index in [2.05, 4.69) is 10.6 Å². The molecular formula is C20H30FN3O9. The van der Waals surface area contributed by atoms with E-state index in [4.69, 9.17) is 9.47 Å². The number of esters is 1. The third-order valence-corrected chi connectivity index (χ3v) is 4.56. The van der Waals surface area contributed by atoms with Gasteiger partial charge >= 0.3 is 5.97 Å². The van der Waals surface area contributed by atoms with Crippen molar-refractivity contribution in [3.8, 4) is 0 Å². The molecule has 0 radical (unpaired) electrons. The van der Waals surface area contributed by atoms with E-state index in [1.807, 2.05) is 13.8 Å². The van der Waals surface area contributed by atoms with Gasteiger partial charge < -0.3 is 30.3 Å². The monoisotopic (exact) mass is 475 g/mol. The van der Waals surface area contributed by atoms with E-state index in [9.17, 15) is 38.6 Å². The Labute approximate surface area is 190 Å². The second-order valence-electron chi connectivity index (χ2n) is 6.92. The molecular weight excluding hydrogens is 445 g/mol.